The third-order valence-corrected chi connectivity index (χ3v) is 4.15. The molecule has 2 aliphatic rings. The summed E-state index contributed by atoms with van der Waals surface area (Å²) >= 11 is 4.93. The molecule has 98 valence electrons. The van der Waals surface area contributed by atoms with E-state index in [9.17, 15) is 9.59 Å². The van der Waals surface area contributed by atoms with Gasteiger partial charge < -0.3 is 5.73 Å². The molecule has 3 rings (SSSR count). The third-order valence-electron chi connectivity index (χ3n) is 3.91. The van der Waals surface area contributed by atoms with Crippen molar-refractivity contribution >= 4 is 29.0 Å². The third kappa shape index (κ3) is 1.94. The Balaban J connectivity index is 1.82. The first-order valence-electron chi connectivity index (χ1n) is 6.23. The van der Waals surface area contributed by atoms with Gasteiger partial charge in [-0.2, -0.15) is 0 Å². The largest absolute Gasteiger partial charge is 0.389 e. The van der Waals surface area contributed by atoms with Crippen molar-refractivity contribution in [3.05, 3.63) is 34.9 Å². The van der Waals surface area contributed by atoms with Crippen LogP contribution in [0.3, 0.4) is 0 Å². The molecule has 0 radical (unpaired) electrons. The van der Waals surface area contributed by atoms with Gasteiger partial charge in [0.15, 0.2) is 0 Å². The number of hydrogen-bond acceptors (Lipinski definition) is 3. The van der Waals surface area contributed by atoms with E-state index in [1.54, 1.807) is 0 Å². The van der Waals surface area contributed by atoms with E-state index in [-0.39, 0.29) is 23.7 Å². The van der Waals surface area contributed by atoms with Crippen LogP contribution in [0, 0.1) is 18.8 Å². The minimum Gasteiger partial charge on any atom is -0.389 e. The molecule has 0 bridgehead atoms. The van der Waals surface area contributed by atoms with E-state index in [2.05, 4.69) is 0 Å². The van der Waals surface area contributed by atoms with Crippen LogP contribution in [0.25, 0.3) is 0 Å². The van der Waals surface area contributed by atoms with Crippen LogP contribution in [0.1, 0.15) is 23.1 Å². The van der Waals surface area contributed by atoms with Gasteiger partial charge in [0, 0.05) is 5.56 Å². The molecule has 1 aromatic carbocycles. The van der Waals surface area contributed by atoms with Gasteiger partial charge in [0.1, 0.15) is 4.99 Å². The van der Waals surface area contributed by atoms with Crippen molar-refractivity contribution in [1.82, 2.24) is 4.90 Å². The van der Waals surface area contributed by atoms with Gasteiger partial charge >= 0.3 is 0 Å². The Hall–Kier alpha value is -1.75. The Morgan fingerprint density at radius 2 is 2.00 bits per heavy atom. The maximum Gasteiger partial charge on any atom is 0.233 e. The number of rotatable bonds is 3. The number of imide groups is 1. The van der Waals surface area contributed by atoms with Crippen LogP contribution in [0.5, 0.6) is 0 Å². The summed E-state index contributed by atoms with van der Waals surface area (Å²) in [6, 6.07) is 5.61. The van der Waals surface area contributed by atoms with E-state index < -0.39 is 0 Å². The average Bonchev–Trinajstić information content (AvgIpc) is 3.11. The Kier molecular flexibility index (Phi) is 2.67. The lowest BCUT2D eigenvalue weighted by molar-refractivity contribution is -0.142. The van der Waals surface area contributed by atoms with Crippen molar-refractivity contribution in [2.24, 2.45) is 17.6 Å². The van der Waals surface area contributed by atoms with E-state index >= 15 is 0 Å². The van der Waals surface area contributed by atoms with Crippen molar-refractivity contribution in [2.45, 2.75) is 19.9 Å². The summed E-state index contributed by atoms with van der Waals surface area (Å²) in [6.45, 7) is 2.29. The molecule has 2 fully saturated rings. The Labute approximate surface area is 116 Å². The van der Waals surface area contributed by atoms with Gasteiger partial charge in [-0.15, -0.1) is 0 Å². The van der Waals surface area contributed by atoms with Crippen molar-refractivity contribution in [2.75, 3.05) is 0 Å². The van der Waals surface area contributed by atoms with E-state index in [0.717, 1.165) is 23.1 Å². The smallest absolute Gasteiger partial charge is 0.233 e. The normalized spacial score (nSPS) is 24.6. The van der Waals surface area contributed by atoms with E-state index in [4.69, 9.17) is 18.0 Å². The summed E-state index contributed by atoms with van der Waals surface area (Å²) in [6.07, 6.45) is 0.744. The Morgan fingerprint density at radius 3 is 2.53 bits per heavy atom. The lowest BCUT2D eigenvalue weighted by Crippen LogP contribution is -2.32. The second-order valence-electron chi connectivity index (χ2n) is 5.22. The summed E-state index contributed by atoms with van der Waals surface area (Å²) in [5.41, 5.74) is 8.33. The number of likely N-dealkylation sites (tertiary alicyclic amines) is 1. The highest BCUT2D eigenvalue weighted by atomic mass is 32.1. The summed E-state index contributed by atoms with van der Waals surface area (Å²) in [7, 11) is 0. The van der Waals surface area contributed by atoms with Crippen LogP contribution in [0.2, 0.25) is 0 Å². The van der Waals surface area contributed by atoms with Gasteiger partial charge in [0.05, 0.1) is 18.4 Å². The van der Waals surface area contributed by atoms with Gasteiger partial charge in [-0.05, 0) is 30.5 Å². The molecule has 2 amide bonds. The molecule has 2 atom stereocenters. The van der Waals surface area contributed by atoms with Gasteiger partial charge in [0.25, 0.3) is 0 Å². The molecular weight excluding hydrogens is 260 g/mol. The number of fused-ring (bicyclic) bond motifs is 1. The predicted molar refractivity (Wildman–Crippen MR) is 74.2 cm³/mol. The number of aryl methyl sites for hydroxylation is 1. The van der Waals surface area contributed by atoms with Gasteiger partial charge in [-0.1, -0.05) is 24.4 Å². The Morgan fingerprint density at radius 1 is 1.37 bits per heavy atom. The monoisotopic (exact) mass is 274 g/mol. The van der Waals surface area contributed by atoms with Crippen LogP contribution in [-0.4, -0.2) is 21.7 Å². The number of carbonyl (C=O) groups is 2. The average molecular weight is 274 g/mol. The first-order chi connectivity index (χ1) is 8.99. The molecule has 2 N–H and O–H groups in total. The topological polar surface area (TPSA) is 63.4 Å². The van der Waals surface area contributed by atoms with Crippen LogP contribution >= 0.6 is 12.2 Å². The Bertz CT molecular complexity index is 591. The highest BCUT2D eigenvalue weighted by Gasteiger charge is 2.58. The summed E-state index contributed by atoms with van der Waals surface area (Å²) < 4.78 is 0. The quantitative estimate of drug-likeness (QED) is 0.663. The number of nitrogens with zero attached hydrogens (tertiary/aromatic N) is 1. The molecule has 4 nitrogen and oxygen atoms in total. The fraction of sp³-hybridized carbons (Fsp3) is 0.357. The number of carbonyl (C=O) groups excluding carboxylic acids is 2. The van der Waals surface area contributed by atoms with Crippen molar-refractivity contribution in [1.29, 1.82) is 0 Å². The number of piperidine rings is 1. The lowest BCUT2D eigenvalue weighted by Gasteiger charge is -2.18. The molecule has 1 aliphatic carbocycles. The molecule has 1 aliphatic heterocycles. The van der Waals surface area contributed by atoms with Crippen molar-refractivity contribution in [3.8, 4) is 0 Å². The van der Waals surface area contributed by atoms with E-state index in [0.29, 0.717) is 11.5 Å². The van der Waals surface area contributed by atoms with Gasteiger partial charge in [-0.3, -0.25) is 14.5 Å². The number of thiocarbonyl (C=S) groups is 1. The SMILES string of the molecule is Cc1cc(C(N)=S)ccc1CN1C(=O)C2CC2C1=O. The first-order valence-corrected chi connectivity index (χ1v) is 6.64. The minimum atomic E-state index is -0.0382. The molecule has 19 heavy (non-hydrogen) atoms. The molecule has 1 aromatic rings. The summed E-state index contributed by atoms with van der Waals surface area (Å²) in [5, 5.41) is 0. The predicted octanol–water partition coefficient (Wildman–Crippen LogP) is 1.13. The molecule has 0 spiro atoms. The standard InChI is InChI=1S/C14H14N2O2S/c1-7-4-8(12(15)19)2-3-9(7)6-16-13(17)10-5-11(10)14(16)18/h2-4,10-11H,5-6H2,1H3,(H2,15,19). The number of benzene rings is 1. The summed E-state index contributed by atoms with van der Waals surface area (Å²) in [5.74, 6) is -0.118. The zero-order valence-corrected chi connectivity index (χ0v) is 11.4. The second-order valence-corrected chi connectivity index (χ2v) is 5.66. The minimum absolute atomic E-state index is 0.0205. The number of nitrogens with two attached hydrogens (primary N) is 1. The highest BCUT2D eigenvalue weighted by molar-refractivity contribution is 7.80. The zero-order valence-electron chi connectivity index (χ0n) is 10.6. The van der Waals surface area contributed by atoms with Gasteiger partial charge in [0.2, 0.25) is 11.8 Å². The van der Waals surface area contributed by atoms with E-state index in [1.807, 2.05) is 25.1 Å². The zero-order chi connectivity index (χ0) is 13.7. The molecule has 2 unspecified atom stereocenters. The number of amides is 2. The molecule has 1 saturated carbocycles. The molecular formula is C14H14N2O2S. The molecule has 1 saturated heterocycles. The van der Waals surface area contributed by atoms with Crippen molar-refractivity contribution in [3.63, 3.8) is 0 Å². The number of hydrogen-bond donors (Lipinski definition) is 1. The lowest BCUT2D eigenvalue weighted by atomic mass is 10.0. The molecule has 0 aromatic heterocycles. The summed E-state index contributed by atoms with van der Waals surface area (Å²) in [4.78, 5) is 25.6. The fourth-order valence-corrected chi connectivity index (χ4v) is 2.73. The van der Waals surface area contributed by atoms with Gasteiger partial charge in [-0.25, -0.2) is 0 Å². The first kappa shape index (κ1) is 12.3. The highest BCUT2D eigenvalue weighted by Crippen LogP contribution is 2.47. The van der Waals surface area contributed by atoms with Crippen LogP contribution < -0.4 is 5.73 Å². The molecule has 1 heterocycles. The van der Waals surface area contributed by atoms with Crippen molar-refractivity contribution < 1.29 is 9.59 Å². The van der Waals surface area contributed by atoms with E-state index in [1.165, 1.54) is 4.90 Å². The second kappa shape index (κ2) is 4.13. The van der Waals surface area contributed by atoms with Crippen LogP contribution in [-0.2, 0) is 16.1 Å². The maximum absolute atomic E-state index is 11.9. The van der Waals surface area contributed by atoms with Crippen LogP contribution in [0.4, 0.5) is 0 Å². The van der Waals surface area contributed by atoms with Crippen LogP contribution in [0.15, 0.2) is 18.2 Å². The maximum atomic E-state index is 11.9. The molecule has 5 heteroatoms. The fourth-order valence-electron chi connectivity index (χ4n) is 2.60.